The van der Waals surface area contributed by atoms with E-state index in [4.69, 9.17) is 0 Å². The predicted octanol–water partition coefficient (Wildman–Crippen LogP) is 2.63. The van der Waals surface area contributed by atoms with E-state index in [2.05, 4.69) is 41.3 Å². The first-order valence-electron chi connectivity index (χ1n) is 9.97. The lowest BCUT2D eigenvalue weighted by molar-refractivity contribution is -0.131. The normalized spacial score (nSPS) is 19.9. The Bertz CT molecular complexity index is 804. The van der Waals surface area contributed by atoms with E-state index >= 15 is 0 Å². The lowest BCUT2D eigenvalue weighted by Gasteiger charge is -2.29. The molecule has 1 N–H and O–H groups in total. The number of hydrogen-bond donors (Lipinski definition) is 1. The molecule has 27 heavy (non-hydrogen) atoms. The first kappa shape index (κ1) is 18.2. The van der Waals surface area contributed by atoms with E-state index in [0.717, 1.165) is 51.0 Å². The first-order chi connectivity index (χ1) is 13.2. The standard InChI is InChI=1S/C23H28N2O2/c26-17-20-5-3-4-18(13-20)12-19-8-11-25(14-19)23(27)16-24-10-9-21-6-1-2-7-22(21)15-24/h1-7,13,19,26H,8-12,14-17H2/t19-/m0/s1. The molecule has 142 valence electrons. The van der Waals surface area contributed by atoms with Gasteiger partial charge in [-0.05, 0) is 47.4 Å². The third kappa shape index (κ3) is 4.40. The molecule has 0 saturated carbocycles. The van der Waals surface area contributed by atoms with Gasteiger partial charge in [0.2, 0.25) is 5.91 Å². The maximum absolute atomic E-state index is 12.8. The third-order valence-corrected chi connectivity index (χ3v) is 5.91. The second-order valence-electron chi connectivity index (χ2n) is 7.91. The maximum atomic E-state index is 12.8. The van der Waals surface area contributed by atoms with Crippen molar-refractivity contribution in [2.24, 2.45) is 5.92 Å². The van der Waals surface area contributed by atoms with Crippen molar-refractivity contribution in [3.63, 3.8) is 0 Å². The highest BCUT2D eigenvalue weighted by Gasteiger charge is 2.28. The number of fused-ring (bicyclic) bond motifs is 1. The van der Waals surface area contributed by atoms with Gasteiger partial charge in [0.05, 0.1) is 13.2 Å². The zero-order valence-corrected chi connectivity index (χ0v) is 15.8. The van der Waals surface area contributed by atoms with Gasteiger partial charge in [-0.2, -0.15) is 0 Å². The second kappa shape index (κ2) is 8.24. The molecule has 2 aromatic carbocycles. The average molecular weight is 364 g/mol. The van der Waals surface area contributed by atoms with Gasteiger partial charge in [-0.1, -0.05) is 48.5 Å². The van der Waals surface area contributed by atoms with Crippen LogP contribution in [0.2, 0.25) is 0 Å². The largest absolute Gasteiger partial charge is 0.392 e. The number of aliphatic hydroxyl groups is 1. The quantitative estimate of drug-likeness (QED) is 0.887. The van der Waals surface area contributed by atoms with Crippen molar-refractivity contribution >= 4 is 5.91 Å². The van der Waals surface area contributed by atoms with Crippen molar-refractivity contribution in [1.29, 1.82) is 0 Å². The van der Waals surface area contributed by atoms with Gasteiger partial charge in [0, 0.05) is 26.2 Å². The summed E-state index contributed by atoms with van der Waals surface area (Å²) >= 11 is 0. The average Bonchev–Trinajstić information content (AvgIpc) is 3.16. The molecule has 2 aromatic rings. The molecule has 1 atom stereocenters. The highest BCUT2D eigenvalue weighted by atomic mass is 16.3. The van der Waals surface area contributed by atoms with E-state index in [1.54, 1.807) is 0 Å². The van der Waals surface area contributed by atoms with Crippen LogP contribution in [0.4, 0.5) is 0 Å². The molecule has 0 spiro atoms. The lowest BCUT2D eigenvalue weighted by atomic mass is 9.97. The summed E-state index contributed by atoms with van der Waals surface area (Å²) in [5, 5.41) is 9.30. The molecule has 4 heteroatoms. The van der Waals surface area contributed by atoms with Crippen molar-refractivity contribution in [2.75, 3.05) is 26.2 Å². The Morgan fingerprint density at radius 1 is 1.04 bits per heavy atom. The van der Waals surface area contributed by atoms with Gasteiger partial charge in [0.25, 0.3) is 0 Å². The Balaban J connectivity index is 1.29. The molecule has 0 aromatic heterocycles. The van der Waals surface area contributed by atoms with Crippen molar-refractivity contribution in [3.8, 4) is 0 Å². The molecule has 1 saturated heterocycles. The lowest BCUT2D eigenvalue weighted by Crippen LogP contribution is -2.41. The fraction of sp³-hybridized carbons (Fsp3) is 0.435. The molecular weight excluding hydrogens is 336 g/mol. The molecule has 0 unspecified atom stereocenters. The topological polar surface area (TPSA) is 43.8 Å². The third-order valence-electron chi connectivity index (χ3n) is 5.91. The Labute approximate surface area is 161 Å². The summed E-state index contributed by atoms with van der Waals surface area (Å²) in [5.74, 6) is 0.783. The van der Waals surface area contributed by atoms with Crippen LogP contribution in [0.25, 0.3) is 0 Å². The SMILES string of the molecule is O=C(CN1CCc2ccccc2C1)N1CC[C@@H](Cc2cccc(CO)c2)C1. The number of aliphatic hydroxyl groups excluding tert-OH is 1. The van der Waals surface area contributed by atoms with Crippen LogP contribution < -0.4 is 0 Å². The molecule has 2 aliphatic heterocycles. The monoisotopic (exact) mass is 364 g/mol. The highest BCUT2D eigenvalue weighted by Crippen LogP contribution is 2.23. The molecule has 0 radical (unpaired) electrons. The van der Waals surface area contributed by atoms with Crippen LogP contribution in [0, 0.1) is 5.92 Å². The van der Waals surface area contributed by atoms with Crippen molar-refractivity contribution in [3.05, 3.63) is 70.8 Å². The number of hydrogen-bond acceptors (Lipinski definition) is 3. The van der Waals surface area contributed by atoms with E-state index in [9.17, 15) is 9.90 Å². The van der Waals surface area contributed by atoms with Crippen LogP contribution in [0.5, 0.6) is 0 Å². The van der Waals surface area contributed by atoms with Gasteiger partial charge in [0.1, 0.15) is 0 Å². The summed E-state index contributed by atoms with van der Waals surface area (Å²) in [6, 6.07) is 16.7. The minimum atomic E-state index is 0.0854. The summed E-state index contributed by atoms with van der Waals surface area (Å²) in [6.45, 7) is 4.18. The summed E-state index contributed by atoms with van der Waals surface area (Å²) in [7, 11) is 0. The summed E-state index contributed by atoms with van der Waals surface area (Å²) in [4.78, 5) is 17.1. The van der Waals surface area contributed by atoms with E-state index in [1.165, 1.54) is 16.7 Å². The minimum absolute atomic E-state index is 0.0854. The molecule has 1 fully saturated rings. The summed E-state index contributed by atoms with van der Waals surface area (Å²) < 4.78 is 0. The number of benzene rings is 2. The number of carbonyl (C=O) groups is 1. The minimum Gasteiger partial charge on any atom is -0.392 e. The van der Waals surface area contributed by atoms with E-state index in [0.29, 0.717) is 12.5 Å². The molecular formula is C23H28N2O2. The smallest absolute Gasteiger partial charge is 0.236 e. The van der Waals surface area contributed by atoms with Crippen LogP contribution in [0.15, 0.2) is 48.5 Å². The Hall–Kier alpha value is -2.17. The van der Waals surface area contributed by atoms with Crippen LogP contribution in [0.3, 0.4) is 0 Å². The van der Waals surface area contributed by atoms with Gasteiger partial charge in [0.15, 0.2) is 0 Å². The van der Waals surface area contributed by atoms with Crippen molar-refractivity contribution in [2.45, 2.75) is 32.4 Å². The predicted molar refractivity (Wildman–Crippen MR) is 106 cm³/mol. The van der Waals surface area contributed by atoms with E-state index in [1.807, 2.05) is 17.0 Å². The molecule has 0 aliphatic carbocycles. The Morgan fingerprint density at radius 3 is 2.70 bits per heavy atom. The van der Waals surface area contributed by atoms with Crippen molar-refractivity contribution < 1.29 is 9.90 Å². The first-order valence-corrected chi connectivity index (χ1v) is 9.97. The molecule has 0 bridgehead atoms. The highest BCUT2D eigenvalue weighted by molar-refractivity contribution is 5.78. The number of carbonyl (C=O) groups excluding carboxylic acids is 1. The fourth-order valence-electron chi connectivity index (χ4n) is 4.39. The molecule has 2 aliphatic rings. The van der Waals surface area contributed by atoms with Crippen LogP contribution in [0.1, 0.15) is 28.7 Å². The zero-order chi connectivity index (χ0) is 18.6. The molecule has 1 amide bonds. The maximum Gasteiger partial charge on any atom is 0.236 e. The Kier molecular flexibility index (Phi) is 5.55. The molecule has 2 heterocycles. The van der Waals surface area contributed by atoms with Crippen LogP contribution >= 0.6 is 0 Å². The summed E-state index contributed by atoms with van der Waals surface area (Å²) in [6.07, 6.45) is 3.08. The van der Waals surface area contributed by atoms with Gasteiger partial charge < -0.3 is 10.0 Å². The molecule has 4 rings (SSSR count). The number of rotatable bonds is 5. The Morgan fingerprint density at radius 2 is 1.85 bits per heavy atom. The van der Waals surface area contributed by atoms with Gasteiger partial charge in [-0.25, -0.2) is 0 Å². The van der Waals surface area contributed by atoms with Gasteiger partial charge in [-0.3, -0.25) is 9.69 Å². The van der Waals surface area contributed by atoms with Gasteiger partial charge >= 0.3 is 0 Å². The number of nitrogens with zero attached hydrogens (tertiary/aromatic N) is 2. The van der Waals surface area contributed by atoms with Gasteiger partial charge in [-0.15, -0.1) is 0 Å². The number of likely N-dealkylation sites (tertiary alicyclic amines) is 1. The van der Waals surface area contributed by atoms with Crippen LogP contribution in [-0.2, 0) is 30.8 Å². The number of amides is 1. The van der Waals surface area contributed by atoms with Crippen LogP contribution in [-0.4, -0.2) is 47.0 Å². The van der Waals surface area contributed by atoms with E-state index < -0.39 is 0 Å². The van der Waals surface area contributed by atoms with Crippen molar-refractivity contribution in [1.82, 2.24) is 9.80 Å². The second-order valence-corrected chi connectivity index (χ2v) is 7.91. The zero-order valence-electron chi connectivity index (χ0n) is 15.8. The van der Waals surface area contributed by atoms with E-state index in [-0.39, 0.29) is 12.5 Å². The summed E-state index contributed by atoms with van der Waals surface area (Å²) in [5.41, 5.74) is 5.00. The fourth-order valence-corrected chi connectivity index (χ4v) is 4.39. The molecule has 4 nitrogen and oxygen atoms in total.